The van der Waals surface area contributed by atoms with Gasteiger partial charge in [-0.05, 0) is 67.3 Å². The molecule has 2 rings (SSSR count). The second-order valence-electron chi connectivity index (χ2n) is 6.38. The number of anilines is 2. The van der Waals surface area contributed by atoms with Gasteiger partial charge in [-0.1, -0.05) is 26.0 Å². The summed E-state index contributed by atoms with van der Waals surface area (Å²) in [6, 6.07) is 11.8. The molecule has 0 heterocycles. The Morgan fingerprint density at radius 2 is 1.16 bits per heavy atom. The van der Waals surface area contributed by atoms with Crippen LogP contribution in [0.15, 0.2) is 45.3 Å². The van der Waals surface area contributed by atoms with Crippen molar-refractivity contribution in [1.29, 1.82) is 0 Å². The van der Waals surface area contributed by atoms with Crippen LogP contribution >= 0.6 is 31.9 Å². The standard InChI is InChI=1S/C19H20Br2N2O2/c1-11(24)22-17-7-5-13(9-15(17)20)19(3,4)14-6-8-18(16(21)10-14)23-12(2)25/h5-10H,1-4H3,(H,22,24)(H,23,25). The van der Waals surface area contributed by atoms with Crippen molar-refractivity contribution in [3.63, 3.8) is 0 Å². The Kier molecular flexibility index (Phi) is 6.06. The molecule has 0 aliphatic carbocycles. The van der Waals surface area contributed by atoms with Crippen LogP contribution in [0, 0.1) is 0 Å². The van der Waals surface area contributed by atoms with Gasteiger partial charge in [-0.15, -0.1) is 0 Å². The lowest BCUT2D eigenvalue weighted by Crippen LogP contribution is -2.19. The van der Waals surface area contributed by atoms with E-state index in [0.717, 1.165) is 31.4 Å². The third kappa shape index (κ3) is 4.70. The summed E-state index contributed by atoms with van der Waals surface area (Å²) >= 11 is 7.04. The van der Waals surface area contributed by atoms with E-state index in [4.69, 9.17) is 0 Å². The van der Waals surface area contributed by atoms with E-state index in [9.17, 15) is 9.59 Å². The van der Waals surface area contributed by atoms with Crippen molar-refractivity contribution in [2.45, 2.75) is 33.1 Å². The lowest BCUT2D eigenvalue weighted by atomic mass is 9.78. The topological polar surface area (TPSA) is 58.2 Å². The van der Waals surface area contributed by atoms with Gasteiger partial charge in [0.15, 0.2) is 0 Å². The molecule has 2 aromatic rings. The summed E-state index contributed by atoms with van der Waals surface area (Å²) in [7, 11) is 0. The molecule has 2 aromatic carbocycles. The number of carbonyl (C=O) groups excluding carboxylic acids is 2. The normalized spacial score (nSPS) is 11.1. The minimum atomic E-state index is -0.255. The molecule has 0 radical (unpaired) electrons. The van der Waals surface area contributed by atoms with E-state index < -0.39 is 0 Å². The van der Waals surface area contributed by atoms with E-state index in [1.807, 2.05) is 36.4 Å². The summed E-state index contributed by atoms with van der Waals surface area (Å²) in [5, 5.41) is 5.59. The van der Waals surface area contributed by atoms with Crippen molar-refractivity contribution in [3.05, 3.63) is 56.5 Å². The molecule has 25 heavy (non-hydrogen) atoms. The van der Waals surface area contributed by atoms with Crippen LogP contribution in [0.2, 0.25) is 0 Å². The number of rotatable bonds is 4. The predicted octanol–water partition coefficient (Wildman–Crippen LogP) is 5.45. The van der Waals surface area contributed by atoms with Gasteiger partial charge in [0.1, 0.15) is 0 Å². The smallest absolute Gasteiger partial charge is 0.221 e. The van der Waals surface area contributed by atoms with Crippen molar-refractivity contribution in [2.24, 2.45) is 0 Å². The van der Waals surface area contributed by atoms with Gasteiger partial charge in [-0.2, -0.15) is 0 Å². The maximum atomic E-state index is 11.2. The summed E-state index contributed by atoms with van der Waals surface area (Å²) in [4.78, 5) is 22.5. The van der Waals surface area contributed by atoms with Crippen molar-refractivity contribution in [1.82, 2.24) is 0 Å². The third-order valence-corrected chi connectivity index (χ3v) is 5.32. The van der Waals surface area contributed by atoms with E-state index in [2.05, 4.69) is 56.3 Å². The molecule has 0 fully saturated rings. The van der Waals surface area contributed by atoms with E-state index in [1.54, 1.807) is 0 Å². The number of amides is 2. The number of benzene rings is 2. The number of halogens is 2. The van der Waals surface area contributed by atoms with E-state index in [1.165, 1.54) is 13.8 Å². The number of carbonyl (C=O) groups is 2. The molecule has 0 bridgehead atoms. The molecule has 0 saturated carbocycles. The minimum Gasteiger partial charge on any atom is -0.325 e. The highest BCUT2D eigenvalue weighted by molar-refractivity contribution is 9.11. The van der Waals surface area contributed by atoms with Gasteiger partial charge in [-0.3, -0.25) is 9.59 Å². The van der Waals surface area contributed by atoms with Crippen molar-refractivity contribution in [3.8, 4) is 0 Å². The van der Waals surface area contributed by atoms with E-state index in [-0.39, 0.29) is 17.2 Å². The van der Waals surface area contributed by atoms with Crippen molar-refractivity contribution in [2.75, 3.05) is 10.6 Å². The Morgan fingerprint density at radius 3 is 1.44 bits per heavy atom. The van der Waals surface area contributed by atoms with Crippen LogP contribution in [-0.2, 0) is 15.0 Å². The Hall–Kier alpha value is -1.66. The maximum absolute atomic E-state index is 11.2. The lowest BCUT2D eigenvalue weighted by Gasteiger charge is -2.27. The first-order valence-electron chi connectivity index (χ1n) is 7.76. The van der Waals surface area contributed by atoms with Gasteiger partial charge >= 0.3 is 0 Å². The molecule has 2 N–H and O–H groups in total. The predicted molar refractivity (Wildman–Crippen MR) is 109 cm³/mol. The molecule has 132 valence electrons. The fourth-order valence-corrected chi connectivity index (χ4v) is 3.51. The summed E-state index contributed by atoms with van der Waals surface area (Å²) in [6.45, 7) is 7.23. The zero-order valence-electron chi connectivity index (χ0n) is 14.5. The van der Waals surface area contributed by atoms with Gasteiger partial charge in [0, 0.05) is 28.2 Å². The van der Waals surface area contributed by atoms with Crippen LogP contribution in [0.4, 0.5) is 11.4 Å². The van der Waals surface area contributed by atoms with Gasteiger partial charge < -0.3 is 10.6 Å². The molecule has 4 nitrogen and oxygen atoms in total. The second-order valence-corrected chi connectivity index (χ2v) is 8.09. The van der Waals surface area contributed by atoms with Crippen LogP contribution in [-0.4, -0.2) is 11.8 Å². The highest BCUT2D eigenvalue weighted by Gasteiger charge is 2.24. The monoisotopic (exact) mass is 466 g/mol. The largest absolute Gasteiger partial charge is 0.325 e. The van der Waals surface area contributed by atoms with Crippen molar-refractivity contribution < 1.29 is 9.59 Å². The minimum absolute atomic E-state index is 0.106. The Bertz CT molecular complexity index is 765. The molecule has 0 aliphatic heterocycles. The molecule has 0 spiro atoms. The molecule has 0 saturated heterocycles. The first kappa shape index (κ1) is 19.7. The Labute approximate surface area is 164 Å². The molecule has 0 aromatic heterocycles. The van der Waals surface area contributed by atoms with Gasteiger partial charge in [0.05, 0.1) is 11.4 Å². The quantitative estimate of drug-likeness (QED) is 0.627. The van der Waals surface area contributed by atoms with Gasteiger partial charge in [-0.25, -0.2) is 0 Å². The SMILES string of the molecule is CC(=O)Nc1ccc(C(C)(C)c2ccc(NC(C)=O)c(Br)c2)cc1Br. The van der Waals surface area contributed by atoms with Crippen LogP contribution in [0.5, 0.6) is 0 Å². The summed E-state index contributed by atoms with van der Waals surface area (Å²) in [5.41, 5.74) is 3.44. The van der Waals surface area contributed by atoms with E-state index >= 15 is 0 Å². The Balaban J connectivity index is 2.38. The summed E-state index contributed by atoms with van der Waals surface area (Å²) in [6.07, 6.45) is 0. The average Bonchev–Trinajstić information content (AvgIpc) is 2.50. The summed E-state index contributed by atoms with van der Waals surface area (Å²) in [5.74, 6) is -0.213. The second kappa shape index (κ2) is 7.70. The van der Waals surface area contributed by atoms with Crippen LogP contribution < -0.4 is 10.6 Å². The number of hydrogen-bond donors (Lipinski definition) is 2. The molecule has 2 amide bonds. The Morgan fingerprint density at radius 1 is 0.800 bits per heavy atom. The zero-order valence-corrected chi connectivity index (χ0v) is 17.7. The van der Waals surface area contributed by atoms with Crippen LogP contribution in [0.3, 0.4) is 0 Å². The molecule has 0 unspecified atom stereocenters. The van der Waals surface area contributed by atoms with E-state index in [0.29, 0.717) is 0 Å². The van der Waals surface area contributed by atoms with Crippen LogP contribution in [0.25, 0.3) is 0 Å². The first-order valence-corrected chi connectivity index (χ1v) is 9.35. The molecule has 6 heteroatoms. The first-order chi connectivity index (χ1) is 11.6. The van der Waals surface area contributed by atoms with Crippen molar-refractivity contribution >= 4 is 55.0 Å². The molecular formula is C19H20Br2N2O2. The van der Waals surface area contributed by atoms with Crippen LogP contribution in [0.1, 0.15) is 38.8 Å². The highest BCUT2D eigenvalue weighted by Crippen LogP contribution is 2.37. The van der Waals surface area contributed by atoms with Gasteiger partial charge in [0.2, 0.25) is 11.8 Å². The number of nitrogens with one attached hydrogen (secondary N) is 2. The third-order valence-electron chi connectivity index (χ3n) is 4.00. The average molecular weight is 468 g/mol. The molecular weight excluding hydrogens is 448 g/mol. The zero-order chi connectivity index (χ0) is 18.8. The number of hydrogen-bond acceptors (Lipinski definition) is 2. The summed E-state index contributed by atoms with van der Waals surface area (Å²) < 4.78 is 1.67. The fraction of sp³-hybridized carbons (Fsp3) is 0.263. The maximum Gasteiger partial charge on any atom is 0.221 e. The lowest BCUT2D eigenvalue weighted by molar-refractivity contribution is -0.115. The van der Waals surface area contributed by atoms with Gasteiger partial charge in [0.25, 0.3) is 0 Å². The highest BCUT2D eigenvalue weighted by atomic mass is 79.9. The molecule has 0 atom stereocenters. The fourth-order valence-electron chi connectivity index (χ4n) is 2.56. The molecule has 0 aliphatic rings.